The summed E-state index contributed by atoms with van der Waals surface area (Å²) >= 11 is 0. The van der Waals surface area contributed by atoms with Gasteiger partial charge in [0.05, 0.1) is 0 Å². The van der Waals surface area contributed by atoms with E-state index in [-0.39, 0.29) is 5.82 Å². The second kappa shape index (κ2) is 6.78. The van der Waals surface area contributed by atoms with E-state index in [4.69, 9.17) is 0 Å². The summed E-state index contributed by atoms with van der Waals surface area (Å²) in [7, 11) is 0. The van der Waals surface area contributed by atoms with Crippen molar-refractivity contribution in [3.8, 4) is 0 Å². The van der Waals surface area contributed by atoms with E-state index in [1.54, 1.807) is 6.07 Å². The molecule has 3 unspecified atom stereocenters. The molecule has 3 atom stereocenters. The van der Waals surface area contributed by atoms with Crippen molar-refractivity contribution in [3.63, 3.8) is 0 Å². The van der Waals surface area contributed by atoms with Crippen LogP contribution in [0.4, 0.5) is 10.1 Å². The molecule has 0 bridgehead atoms. The normalized spacial score (nSPS) is 26.4. The van der Waals surface area contributed by atoms with E-state index in [9.17, 15) is 4.39 Å². The van der Waals surface area contributed by atoms with Crippen LogP contribution in [0.5, 0.6) is 0 Å². The molecule has 1 aliphatic rings. The van der Waals surface area contributed by atoms with Crippen LogP contribution in [0.1, 0.15) is 46.6 Å². The third-order valence-corrected chi connectivity index (χ3v) is 4.69. The number of benzene rings is 1. The lowest BCUT2D eigenvalue weighted by Crippen LogP contribution is -2.46. The third-order valence-electron chi connectivity index (χ3n) is 4.69. The predicted octanol–water partition coefficient (Wildman–Crippen LogP) is 4.19. The maximum absolute atomic E-state index is 14.3. The first kappa shape index (κ1) is 16.3. The average Bonchev–Trinajstić information content (AvgIpc) is 2.41. The first-order chi connectivity index (χ1) is 9.90. The summed E-state index contributed by atoms with van der Waals surface area (Å²) in [5, 5.41) is 3.35. The minimum Gasteiger partial charge on any atom is -0.368 e. The number of hydrogen-bond donors (Lipinski definition) is 1. The molecular formula is C18H29FN2. The highest BCUT2D eigenvalue weighted by molar-refractivity contribution is 5.55. The molecule has 1 heterocycles. The van der Waals surface area contributed by atoms with Crippen LogP contribution in [0.3, 0.4) is 0 Å². The number of nitrogens with one attached hydrogen (secondary N) is 1. The minimum atomic E-state index is -0.0984. The fourth-order valence-electron chi connectivity index (χ4n) is 3.33. The maximum Gasteiger partial charge on any atom is 0.129 e. The van der Waals surface area contributed by atoms with Crippen LogP contribution < -0.4 is 10.2 Å². The van der Waals surface area contributed by atoms with Crippen molar-refractivity contribution in [1.82, 2.24) is 5.32 Å². The van der Waals surface area contributed by atoms with Gasteiger partial charge in [-0.15, -0.1) is 0 Å². The number of anilines is 1. The van der Waals surface area contributed by atoms with Crippen LogP contribution in [-0.2, 0) is 6.54 Å². The zero-order valence-electron chi connectivity index (χ0n) is 14.0. The Bertz CT molecular complexity index is 472. The molecule has 1 aromatic carbocycles. The summed E-state index contributed by atoms with van der Waals surface area (Å²) < 4.78 is 14.3. The smallest absolute Gasteiger partial charge is 0.129 e. The molecule has 1 aromatic rings. The van der Waals surface area contributed by atoms with Gasteiger partial charge in [-0.25, -0.2) is 4.39 Å². The molecule has 2 rings (SSSR count). The van der Waals surface area contributed by atoms with Gasteiger partial charge < -0.3 is 10.2 Å². The van der Waals surface area contributed by atoms with Gasteiger partial charge in [0, 0.05) is 36.4 Å². The lowest BCUT2D eigenvalue weighted by molar-refractivity contribution is 0.296. The monoisotopic (exact) mass is 292 g/mol. The molecule has 0 spiro atoms. The zero-order chi connectivity index (χ0) is 15.6. The van der Waals surface area contributed by atoms with Gasteiger partial charge in [-0.1, -0.05) is 33.8 Å². The number of hydrogen-bond acceptors (Lipinski definition) is 2. The second-order valence-corrected chi connectivity index (χ2v) is 6.98. The van der Waals surface area contributed by atoms with E-state index in [1.807, 2.05) is 6.07 Å². The lowest BCUT2D eigenvalue weighted by Gasteiger charge is -2.43. The summed E-state index contributed by atoms with van der Waals surface area (Å²) in [6.45, 7) is 12.7. The fourth-order valence-corrected chi connectivity index (χ4v) is 3.33. The summed E-state index contributed by atoms with van der Waals surface area (Å²) in [6, 6.07) is 6.29. The van der Waals surface area contributed by atoms with E-state index < -0.39 is 0 Å². The summed E-state index contributed by atoms with van der Waals surface area (Å²) in [5.74, 6) is 1.20. The van der Waals surface area contributed by atoms with Crippen LogP contribution in [-0.4, -0.2) is 18.6 Å². The third kappa shape index (κ3) is 3.76. The Morgan fingerprint density at radius 1 is 1.29 bits per heavy atom. The Labute approximate surface area is 128 Å². The van der Waals surface area contributed by atoms with Gasteiger partial charge in [0.1, 0.15) is 5.82 Å². The quantitative estimate of drug-likeness (QED) is 0.895. The predicted molar refractivity (Wildman–Crippen MR) is 88.1 cm³/mol. The van der Waals surface area contributed by atoms with Crippen molar-refractivity contribution >= 4 is 5.69 Å². The molecule has 0 aliphatic carbocycles. The van der Waals surface area contributed by atoms with Gasteiger partial charge in [0.2, 0.25) is 0 Å². The van der Waals surface area contributed by atoms with Gasteiger partial charge in [-0.3, -0.25) is 0 Å². The molecule has 1 N–H and O–H groups in total. The van der Waals surface area contributed by atoms with Crippen molar-refractivity contribution < 1.29 is 4.39 Å². The summed E-state index contributed by atoms with van der Waals surface area (Å²) in [4.78, 5) is 2.40. The molecule has 0 aromatic heterocycles. The Balaban J connectivity index is 2.31. The van der Waals surface area contributed by atoms with Crippen LogP contribution in [0.25, 0.3) is 0 Å². The molecule has 1 fully saturated rings. The number of nitrogens with zero attached hydrogens (tertiary/aromatic N) is 1. The molecular weight excluding hydrogens is 263 g/mol. The average molecular weight is 292 g/mol. The standard InChI is InChI=1S/C18H29FN2/c1-12(2)20-10-16-17(19)7-6-8-18(16)21-11-13(3)9-14(4)15(21)5/h6-8,12-15,20H,9-11H2,1-5H3. The van der Waals surface area contributed by atoms with Gasteiger partial charge in [-0.05, 0) is 37.3 Å². The van der Waals surface area contributed by atoms with Crippen LogP contribution in [0.2, 0.25) is 0 Å². The van der Waals surface area contributed by atoms with Crippen LogP contribution in [0.15, 0.2) is 18.2 Å². The van der Waals surface area contributed by atoms with Crippen LogP contribution in [0, 0.1) is 17.7 Å². The number of piperidine rings is 1. The SMILES string of the molecule is CC1CC(C)C(C)N(c2cccc(F)c2CNC(C)C)C1. The molecule has 0 saturated carbocycles. The van der Waals surface area contributed by atoms with Crippen molar-refractivity contribution in [2.75, 3.05) is 11.4 Å². The fraction of sp³-hybridized carbons (Fsp3) is 0.667. The topological polar surface area (TPSA) is 15.3 Å². The molecule has 1 aliphatic heterocycles. The Kier molecular flexibility index (Phi) is 5.26. The van der Waals surface area contributed by atoms with E-state index >= 15 is 0 Å². The van der Waals surface area contributed by atoms with Gasteiger partial charge >= 0.3 is 0 Å². The lowest BCUT2D eigenvalue weighted by atomic mass is 9.85. The zero-order valence-corrected chi connectivity index (χ0v) is 14.0. The van der Waals surface area contributed by atoms with E-state index in [2.05, 4.69) is 50.9 Å². The molecule has 1 saturated heterocycles. The van der Waals surface area contributed by atoms with E-state index in [0.717, 1.165) is 17.8 Å². The highest BCUT2D eigenvalue weighted by Gasteiger charge is 2.30. The molecule has 0 amide bonds. The molecule has 118 valence electrons. The molecule has 0 radical (unpaired) electrons. The molecule has 21 heavy (non-hydrogen) atoms. The van der Waals surface area contributed by atoms with Crippen molar-refractivity contribution in [3.05, 3.63) is 29.6 Å². The van der Waals surface area contributed by atoms with Crippen molar-refractivity contribution in [2.45, 2.75) is 59.7 Å². The van der Waals surface area contributed by atoms with E-state index in [1.165, 1.54) is 6.42 Å². The second-order valence-electron chi connectivity index (χ2n) is 6.98. The van der Waals surface area contributed by atoms with Gasteiger partial charge in [0.15, 0.2) is 0 Å². The van der Waals surface area contributed by atoms with Crippen LogP contribution >= 0.6 is 0 Å². The number of halogens is 1. The van der Waals surface area contributed by atoms with Crippen molar-refractivity contribution in [2.24, 2.45) is 11.8 Å². The minimum absolute atomic E-state index is 0.0984. The van der Waals surface area contributed by atoms with Gasteiger partial charge in [-0.2, -0.15) is 0 Å². The maximum atomic E-state index is 14.3. The Hall–Kier alpha value is -1.09. The first-order valence-electron chi connectivity index (χ1n) is 8.17. The first-order valence-corrected chi connectivity index (χ1v) is 8.17. The highest BCUT2D eigenvalue weighted by Crippen LogP contribution is 2.34. The van der Waals surface area contributed by atoms with Gasteiger partial charge in [0.25, 0.3) is 0 Å². The Morgan fingerprint density at radius 3 is 2.67 bits per heavy atom. The summed E-state index contributed by atoms with van der Waals surface area (Å²) in [5.41, 5.74) is 1.87. The summed E-state index contributed by atoms with van der Waals surface area (Å²) in [6.07, 6.45) is 1.26. The van der Waals surface area contributed by atoms with Crippen molar-refractivity contribution in [1.29, 1.82) is 0 Å². The largest absolute Gasteiger partial charge is 0.368 e. The molecule has 3 heteroatoms. The highest BCUT2D eigenvalue weighted by atomic mass is 19.1. The van der Waals surface area contributed by atoms with E-state index in [0.29, 0.717) is 30.5 Å². The number of rotatable bonds is 4. The Morgan fingerprint density at radius 2 is 2.00 bits per heavy atom. The molecule has 2 nitrogen and oxygen atoms in total.